The molecule has 2 N–H and O–H groups in total. The van der Waals surface area contributed by atoms with Gasteiger partial charge in [0, 0.05) is 19.5 Å². The zero-order chi connectivity index (χ0) is 14.3. The molecule has 0 unspecified atom stereocenters. The Morgan fingerprint density at radius 1 is 1.50 bits per heavy atom. The predicted molar refractivity (Wildman–Crippen MR) is 50.3 cm³/mol. The summed E-state index contributed by atoms with van der Waals surface area (Å²) in [7, 11) is 0. The normalized spacial score (nSPS) is 19.4. The van der Waals surface area contributed by atoms with Crippen molar-refractivity contribution in [2.45, 2.75) is 20.6 Å². The van der Waals surface area contributed by atoms with Crippen LogP contribution < -0.4 is 5.73 Å². The van der Waals surface area contributed by atoms with E-state index in [0.29, 0.717) is 0 Å². The standard InChI is InChI=1S/C10H13NO/c1-6-4-7(2)10(11)9(5-6)8(3)12/h4-5H,11H2,1-3H3/i1D3,2D3. The molecular weight excluding hydrogens is 150 g/mol. The van der Waals surface area contributed by atoms with Crippen LogP contribution in [0.15, 0.2) is 12.1 Å². The van der Waals surface area contributed by atoms with Gasteiger partial charge in [0.05, 0.1) is 0 Å². The summed E-state index contributed by atoms with van der Waals surface area (Å²) in [6, 6.07) is 2.14. The summed E-state index contributed by atoms with van der Waals surface area (Å²) < 4.78 is 43.8. The SMILES string of the molecule is [2H]C([2H])([2H])c1cc(C(C)=O)c(N)c(C([2H])([2H])[2H])c1. The minimum atomic E-state index is -2.56. The number of hydrogen-bond donors (Lipinski definition) is 1. The molecule has 0 aliphatic heterocycles. The molecule has 0 atom stereocenters. The molecule has 2 heteroatoms. The lowest BCUT2D eigenvalue weighted by Crippen LogP contribution is -2.02. The van der Waals surface area contributed by atoms with Crippen molar-refractivity contribution in [3.63, 3.8) is 0 Å². The highest BCUT2D eigenvalue weighted by Crippen LogP contribution is 2.19. The quantitative estimate of drug-likeness (QED) is 0.516. The van der Waals surface area contributed by atoms with Gasteiger partial charge in [-0.15, -0.1) is 0 Å². The minimum absolute atomic E-state index is 0.0743. The average molecular weight is 169 g/mol. The highest BCUT2D eigenvalue weighted by molar-refractivity contribution is 5.99. The van der Waals surface area contributed by atoms with Crippen LogP contribution in [-0.2, 0) is 0 Å². The summed E-state index contributed by atoms with van der Waals surface area (Å²) in [5.41, 5.74) is 4.85. The molecule has 0 heterocycles. The first-order valence-corrected chi connectivity index (χ1v) is 3.40. The number of anilines is 1. The van der Waals surface area contributed by atoms with Gasteiger partial charge in [0.15, 0.2) is 5.78 Å². The van der Waals surface area contributed by atoms with Crippen molar-refractivity contribution in [2.75, 3.05) is 5.73 Å². The molecule has 0 radical (unpaired) electrons. The molecule has 1 rings (SSSR count). The Balaban J connectivity index is 3.63. The number of benzene rings is 1. The van der Waals surface area contributed by atoms with E-state index in [4.69, 9.17) is 14.0 Å². The van der Waals surface area contributed by atoms with Gasteiger partial charge in [-0.25, -0.2) is 0 Å². The van der Waals surface area contributed by atoms with Crippen LogP contribution in [0.2, 0.25) is 0 Å². The summed E-state index contributed by atoms with van der Waals surface area (Å²) in [6.45, 7) is -3.84. The van der Waals surface area contributed by atoms with Crippen LogP contribution in [0.5, 0.6) is 0 Å². The zero-order valence-electron chi connectivity index (χ0n) is 12.6. The molecule has 0 bridgehead atoms. The second kappa shape index (κ2) is 2.97. The Kier molecular flexibility index (Phi) is 0.893. The van der Waals surface area contributed by atoms with Crippen molar-refractivity contribution in [1.82, 2.24) is 0 Å². The van der Waals surface area contributed by atoms with E-state index in [-0.39, 0.29) is 22.4 Å². The first kappa shape index (κ1) is 3.60. The van der Waals surface area contributed by atoms with Crippen molar-refractivity contribution in [3.05, 3.63) is 28.8 Å². The van der Waals surface area contributed by atoms with Gasteiger partial charge in [-0.3, -0.25) is 4.79 Å². The van der Waals surface area contributed by atoms with Crippen molar-refractivity contribution >= 4 is 11.5 Å². The number of carbonyl (C=O) groups excluding carboxylic acids is 1. The van der Waals surface area contributed by atoms with Crippen LogP contribution in [-0.4, -0.2) is 5.78 Å². The Bertz CT molecular complexity index is 488. The highest BCUT2D eigenvalue weighted by atomic mass is 16.1. The van der Waals surface area contributed by atoms with Gasteiger partial charge >= 0.3 is 0 Å². The Hall–Kier alpha value is -1.31. The van der Waals surface area contributed by atoms with E-state index >= 15 is 0 Å². The predicted octanol–water partition coefficient (Wildman–Crippen LogP) is 2.09. The maximum Gasteiger partial charge on any atom is 0.161 e. The van der Waals surface area contributed by atoms with Crippen molar-refractivity contribution in [3.8, 4) is 0 Å². The Morgan fingerprint density at radius 3 is 2.75 bits per heavy atom. The van der Waals surface area contributed by atoms with Gasteiger partial charge in [-0.05, 0) is 37.8 Å². The van der Waals surface area contributed by atoms with Crippen molar-refractivity contribution < 1.29 is 13.0 Å². The summed E-state index contributed by atoms with van der Waals surface area (Å²) >= 11 is 0. The fraction of sp³-hybridized carbons (Fsp3) is 0.300. The fourth-order valence-electron chi connectivity index (χ4n) is 0.945. The lowest BCUT2D eigenvalue weighted by molar-refractivity contribution is 0.101. The van der Waals surface area contributed by atoms with E-state index in [1.807, 2.05) is 0 Å². The first-order chi connectivity index (χ1) is 7.94. The van der Waals surface area contributed by atoms with Crippen molar-refractivity contribution in [2.24, 2.45) is 0 Å². The van der Waals surface area contributed by atoms with Gasteiger partial charge < -0.3 is 5.73 Å². The summed E-state index contributed by atoms with van der Waals surface area (Å²) in [5, 5.41) is 0. The molecule has 0 aliphatic rings. The van der Waals surface area contributed by atoms with Crippen LogP contribution in [0, 0.1) is 13.7 Å². The monoisotopic (exact) mass is 169 g/mol. The molecule has 0 saturated heterocycles. The van der Waals surface area contributed by atoms with Gasteiger partial charge in [0.2, 0.25) is 0 Å². The molecule has 0 saturated carbocycles. The fourth-order valence-corrected chi connectivity index (χ4v) is 0.945. The molecule has 0 fully saturated rings. The lowest BCUT2D eigenvalue weighted by Gasteiger charge is -2.06. The first-order valence-electron chi connectivity index (χ1n) is 6.40. The number of nitrogens with two attached hydrogens (primary N) is 1. The number of aryl methyl sites for hydroxylation is 2. The maximum absolute atomic E-state index is 11.4. The highest BCUT2D eigenvalue weighted by Gasteiger charge is 2.06. The summed E-state index contributed by atoms with van der Waals surface area (Å²) in [6.07, 6.45) is 0. The number of rotatable bonds is 1. The van der Waals surface area contributed by atoms with Gasteiger partial charge in [-0.2, -0.15) is 0 Å². The van der Waals surface area contributed by atoms with Gasteiger partial charge in [-0.1, -0.05) is 6.07 Å². The second-order valence-corrected chi connectivity index (χ2v) is 2.54. The van der Waals surface area contributed by atoms with Crippen LogP contribution in [0.25, 0.3) is 0 Å². The van der Waals surface area contributed by atoms with E-state index in [1.54, 1.807) is 0 Å². The van der Waals surface area contributed by atoms with Crippen LogP contribution in [0.1, 0.15) is 36.6 Å². The third kappa shape index (κ3) is 1.47. The number of ketones is 1. The molecule has 2 nitrogen and oxygen atoms in total. The molecule has 64 valence electrons. The molecule has 0 spiro atoms. The van der Waals surface area contributed by atoms with Gasteiger partial charge in [0.1, 0.15) is 0 Å². The van der Waals surface area contributed by atoms with E-state index in [2.05, 4.69) is 0 Å². The number of hydrogen-bond acceptors (Lipinski definition) is 2. The molecule has 12 heavy (non-hydrogen) atoms. The van der Waals surface area contributed by atoms with E-state index < -0.39 is 19.5 Å². The number of carbonyl (C=O) groups is 1. The minimum Gasteiger partial charge on any atom is -0.398 e. The maximum atomic E-state index is 11.4. The van der Waals surface area contributed by atoms with Crippen LogP contribution >= 0.6 is 0 Å². The van der Waals surface area contributed by atoms with E-state index in [1.165, 1.54) is 6.92 Å². The molecule has 1 aromatic carbocycles. The Labute approximate surface area is 80.8 Å². The average Bonchev–Trinajstić information content (AvgIpc) is 2.13. The summed E-state index contributed by atoms with van der Waals surface area (Å²) in [5.74, 6) is -0.468. The molecule has 0 aromatic heterocycles. The molecule has 0 amide bonds. The third-order valence-corrected chi connectivity index (χ3v) is 1.56. The molecule has 1 aromatic rings. The lowest BCUT2D eigenvalue weighted by atomic mass is 10.0. The largest absolute Gasteiger partial charge is 0.398 e. The topological polar surface area (TPSA) is 43.1 Å². The third-order valence-electron chi connectivity index (χ3n) is 1.56. The van der Waals surface area contributed by atoms with Gasteiger partial charge in [0.25, 0.3) is 0 Å². The van der Waals surface area contributed by atoms with Crippen molar-refractivity contribution in [1.29, 1.82) is 0 Å². The number of Topliss-reactive ketones (excluding diaryl/α,β-unsaturated/α-hetero) is 1. The van der Waals surface area contributed by atoms with Crippen LogP contribution in [0.4, 0.5) is 5.69 Å². The Morgan fingerprint density at radius 2 is 2.25 bits per heavy atom. The smallest absolute Gasteiger partial charge is 0.161 e. The second-order valence-electron chi connectivity index (χ2n) is 2.54. The molecular formula is C10H13NO. The molecule has 0 aliphatic carbocycles. The summed E-state index contributed by atoms with van der Waals surface area (Å²) in [4.78, 5) is 11.4. The van der Waals surface area contributed by atoms with Crippen LogP contribution in [0.3, 0.4) is 0 Å². The van der Waals surface area contributed by atoms with E-state index in [9.17, 15) is 4.79 Å². The number of nitrogen functional groups attached to an aromatic ring is 1. The van der Waals surface area contributed by atoms with E-state index in [0.717, 1.165) is 12.1 Å². The zero-order valence-corrected chi connectivity index (χ0v) is 6.64.